The third-order valence-corrected chi connectivity index (χ3v) is 1.53. The Morgan fingerprint density at radius 3 is 2.50 bits per heavy atom. The second-order valence-electron chi connectivity index (χ2n) is 2.43. The van der Waals surface area contributed by atoms with Crippen LogP contribution >= 0.6 is 0 Å². The van der Waals surface area contributed by atoms with Crippen LogP contribution in [0.3, 0.4) is 0 Å². The summed E-state index contributed by atoms with van der Waals surface area (Å²) in [6.07, 6.45) is -2.15. The van der Waals surface area contributed by atoms with Crippen molar-refractivity contribution in [2.24, 2.45) is 0 Å². The van der Waals surface area contributed by atoms with Gasteiger partial charge in [0.2, 0.25) is 0 Å². The molecule has 0 aromatic heterocycles. The Morgan fingerprint density at radius 1 is 1.60 bits per heavy atom. The summed E-state index contributed by atoms with van der Waals surface area (Å²) in [6, 6.07) is 0. The number of aliphatic hydroxyl groups excluding tert-OH is 2. The average molecular weight is 146 g/mol. The van der Waals surface area contributed by atoms with E-state index in [1.807, 2.05) is 0 Å². The number of carbonyl (C=O) groups is 1. The van der Waals surface area contributed by atoms with E-state index >= 15 is 0 Å². The standard InChI is InChI=1S/C6H10O4/c1-3(8)5(9)6-4(2-7)10-6/h2-6,8-9H,1H3/t3?,4-,5?,6-/m0/s1. The molecule has 2 unspecified atom stereocenters. The first-order valence-electron chi connectivity index (χ1n) is 3.13. The Bertz CT molecular complexity index is 134. The van der Waals surface area contributed by atoms with Crippen LogP contribution in [0, 0.1) is 0 Å². The van der Waals surface area contributed by atoms with Gasteiger partial charge >= 0.3 is 0 Å². The molecule has 10 heavy (non-hydrogen) atoms. The summed E-state index contributed by atoms with van der Waals surface area (Å²) in [5, 5.41) is 17.8. The SMILES string of the molecule is CC(O)C(O)[C@H]1O[C@H]1C=O. The molecule has 1 heterocycles. The third kappa shape index (κ3) is 1.34. The van der Waals surface area contributed by atoms with Gasteiger partial charge in [0.25, 0.3) is 0 Å². The van der Waals surface area contributed by atoms with Gasteiger partial charge in [-0.2, -0.15) is 0 Å². The van der Waals surface area contributed by atoms with Gasteiger partial charge in [-0.05, 0) is 6.92 Å². The van der Waals surface area contributed by atoms with E-state index in [0.717, 1.165) is 0 Å². The van der Waals surface area contributed by atoms with Crippen molar-refractivity contribution in [3.63, 3.8) is 0 Å². The molecule has 0 aliphatic carbocycles. The highest BCUT2D eigenvalue weighted by Crippen LogP contribution is 2.24. The van der Waals surface area contributed by atoms with E-state index in [0.29, 0.717) is 6.29 Å². The molecule has 4 atom stereocenters. The van der Waals surface area contributed by atoms with E-state index < -0.39 is 24.4 Å². The van der Waals surface area contributed by atoms with E-state index in [1.165, 1.54) is 6.92 Å². The smallest absolute Gasteiger partial charge is 0.151 e. The number of aldehydes is 1. The van der Waals surface area contributed by atoms with Crippen LogP contribution in [-0.2, 0) is 9.53 Å². The van der Waals surface area contributed by atoms with Gasteiger partial charge in [0.1, 0.15) is 18.3 Å². The topological polar surface area (TPSA) is 70.1 Å². The van der Waals surface area contributed by atoms with Crippen LogP contribution in [0.1, 0.15) is 6.92 Å². The Balaban J connectivity index is 2.32. The largest absolute Gasteiger partial charge is 0.391 e. The zero-order valence-electron chi connectivity index (χ0n) is 5.60. The van der Waals surface area contributed by atoms with E-state index in [4.69, 9.17) is 14.9 Å². The summed E-state index contributed by atoms with van der Waals surface area (Å²) in [4.78, 5) is 9.99. The van der Waals surface area contributed by atoms with Gasteiger partial charge in [-0.15, -0.1) is 0 Å². The van der Waals surface area contributed by atoms with Crippen LogP contribution in [-0.4, -0.2) is 40.9 Å². The van der Waals surface area contributed by atoms with Crippen molar-refractivity contribution in [2.75, 3.05) is 0 Å². The summed E-state index contributed by atoms with van der Waals surface area (Å²) in [5.41, 5.74) is 0. The fraction of sp³-hybridized carbons (Fsp3) is 0.833. The molecule has 0 aromatic carbocycles. The monoisotopic (exact) mass is 146 g/mol. The van der Waals surface area contributed by atoms with Gasteiger partial charge in [0, 0.05) is 0 Å². The molecule has 0 amide bonds. The van der Waals surface area contributed by atoms with Crippen molar-refractivity contribution in [1.29, 1.82) is 0 Å². The second-order valence-corrected chi connectivity index (χ2v) is 2.43. The first kappa shape index (κ1) is 7.65. The molecular weight excluding hydrogens is 136 g/mol. The van der Waals surface area contributed by atoms with Gasteiger partial charge in [0.05, 0.1) is 6.10 Å². The Morgan fingerprint density at radius 2 is 2.20 bits per heavy atom. The Labute approximate surface area is 58.4 Å². The zero-order chi connectivity index (χ0) is 7.72. The molecule has 1 saturated heterocycles. The minimum absolute atomic E-state index is 0.488. The van der Waals surface area contributed by atoms with Crippen LogP contribution in [0.25, 0.3) is 0 Å². The predicted octanol–water partition coefficient (Wildman–Crippen LogP) is -1.31. The van der Waals surface area contributed by atoms with Gasteiger partial charge < -0.3 is 19.7 Å². The molecule has 1 aliphatic heterocycles. The van der Waals surface area contributed by atoms with Crippen LogP contribution < -0.4 is 0 Å². The lowest BCUT2D eigenvalue weighted by atomic mass is 10.1. The summed E-state index contributed by atoms with van der Waals surface area (Å²) in [7, 11) is 0. The molecule has 0 radical (unpaired) electrons. The molecule has 58 valence electrons. The first-order chi connectivity index (χ1) is 4.66. The lowest BCUT2D eigenvalue weighted by Crippen LogP contribution is -2.29. The van der Waals surface area contributed by atoms with Crippen LogP contribution in [0.15, 0.2) is 0 Å². The molecule has 0 bridgehead atoms. The number of hydrogen-bond donors (Lipinski definition) is 2. The molecule has 4 nitrogen and oxygen atoms in total. The maximum atomic E-state index is 9.99. The lowest BCUT2D eigenvalue weighted by molar-refractivity contribution is -0.108. The summed E-state index contributed by atoms with van der Waals surface area (Å²) < 4.78 is 4.71. The lowest BCUT2D eigenvalue weighted by Gasteiger charge is -2.08. The fourth-order valence-corrected chi connectivity index (χ4v) is 0.795. The normalized spacial score (nSPS) is 36.7. The van der Waals surface area contributed by atoms with Crippen molar-refractivity contribution >= 4 is 6.29 Å². The van der Waals surface area contributed by atoms with Crippen LogP contribution in [0.4, 0.5) is 0 Å². The summed E-state index contributed by atoms with van der Waals surface area (Å²) >= 11 is 0. The van der Waals surface area contributed by atoms with E-state index in [1.54, 1.807) is 0 Å². The highest BCUT2D eigenvalue weighted by Gasteiger charge is 2.45. The van der Waals surface area contributed by atoms with Gasteiger partial charge in [0.15, 0.2) is 6.29 Å². The molecule has 1 fully saturated rings. The van der Waals surface area contributed by atoms with Crippen LogP contribution in [0.5, 0.6) is 0 Å². The van der Waals surface area contributed by atoms with E-state index in [9.17, 15) is 4.79 Å². The predicted molar refractivity (Wildman–Crippen MR) is 32.4 cm³/mol. The van der Waals surface area contributed by atoms with Gasteiger partial charge in [-0.25, -0.2) is 0 Å². The minimum Gasteiger partial charge on any atom is -0.391 e. The number of epoxide rings is 1. The molecule has 0 spiro atoms. The zero-order valence-corrected chi connectivity index (χ0v) is 5.60. The molecule has 4 heteroatoms. The van der Waals surface area contributed by atoms with Crippen molar-refractivity contribution in [2.45, 2.75) is 31.3 Å². The minimum atomic E-state index is -0.935. The Kier molecular flexibility index (Phi) is 2.03. The quantitative estimate of drug-likeness (QED) is 0.383. The number of ether oxygens (including phenoxy) is 1. The van der Waals surface area contributed by atoms with Gasteiger partial charge in [-0.3, -0.25) is 0 Å². The molecule has 0 saturated carbocycles. The Hall–Kier alpha value is -0.450. The first-order valence-corrected chi connectivity index (χ1v) is 3.13. The van der Waals surface area contributed by atoms with E-state index in [-0.39, 0.29) is 0 Å². The summed E-state index contributed by atoms with van der Waals surface area (Å²) in [6.45, 7) is 1.45. The van der Waals surface area contributed by atoms with Crippen LogP contribution in [0.2, 0.25) is 0 Å². The number of aliphatic hydroxyl groups is 2. The average Bonchev–Trinajstić information content (AvgIpc) is 2.64. The van der Waals surface area contributed by atoms with Crippen molar-refractivity contribution in [1.82, 2.24) is 0 Å². The fourth-order valence-electron chi connectivity index (χ4n) is 0.795. The highest BCUT2D eigenvalue weighted by atomic mass is 16.6. The second kappa shape index (κ2) is 2.65. The van der Waals surface area contributed by atoms with Crippen molar-refractivity contribution in [3.8, 4) is 0 Å². The maximum absolute atomic E-state index is 9.99. The molecule has 2 N–H and O–H groups in total. The van der Waals surface area contributed by atoms with Gasteiger partial charge in [-0.1, -0.05) is 0 Å². The molecule has 0 aromatic rings. The van der Waals surface area contributed by atoms with Crippen molar-refractivity contribution in [3.05, 3.63) is 0 Å². The molecule has 1 aliphatic rings. The highest BCUT2D eigenvalue weighted by molar-refractivity contribution is 5.60. The number of rotatable bonds is 3. The number of carbonyl (C=O) groups excluding carboxylic acids is 1. The third-order valence-electron chi connectivity index (χ3n) is 1.53. The number of hydrogen-bond acceptors (Lipinski definition) is 4. The van der Waals surface area contributed by atoms with E-state index in [2.05, 4.69) is 0 Å². The maximum Gasteiger partial charge on any atom is 0.151 e. The van der Waals surface area contributed by atoms with Crippen molar-refractivity contribution < 1.29 is 19.7 Å². The molecule has 1 rings (SSSR count). The summed E-state index contributed by atoms with van der Waals surface area (Å²) in [5.74, 6) is 0. The molecular formula is C6H10O4.